The molecule has 2 bridgehead atoms. The first-order valence-corrected chi connectivity index (χ1v) is 9.60. The van der Waals surface area contributed by atoms with Crippen molar-refractivity contribution in [1.29, 1.82) is 0 Å². The van der Waals surface area contributed by atoms with Crippen molar-refractivity contribution >= 4 is 11.9 Å². The smallest absolute Gasteiger partial charge is 0.312 e. The molecule has 2 saturated heterocycles. The minimum atomic E-state index is -0.935. The third kappa shape index (κ3) is 2.93. The molecule has 0 spiro atoms. The lowest BCUT2D eigenvalue weighted by Crippen LogP contribution is -2.46. The number of carboxylic acids is 1. The number of nitrogens with zero attached hydrogens (tertiary/aromatic N) is 2. The summed E-state index contributed by atoms with van der Waals surface area (Å²) in [4.78, 5) is 27.2. The largest absolute Gasteiger partial charge is 0.481 e. The molecule has 0 unspecified atom stereocenters. The van der Waals surface area contributed by atoms with Crippen LogP contribution in [0.1, 0.15) is 54.4 Å². The molecule has 3 atom stereocenters. The summed E-state index contributed by atoms with van der Waals surface area (Å²) < 4.78 is 5.26. The van der Waals surface area contributed by atoms with Crippen molar-refractivity contribution in [3.05, 3.63) is 53.4 Å². The molecule has 1 amide bonds. The zero-order valence-corrected chi connectivity index (χ0v) is 15.4. The molecule has 27 heavy (non-hydrogen) atoms. The van der Waals surface area contributed by atoms with Crippen LogP contribution in [0.4, 0.5) is 0 Å². The van der Waals surface area contributed by atoms with Crippen LogP contribution in [-0.2, 0) is 17.6 Å². The Balaban J connectivity index is 1.62. The van der Waals surface area contributed by atoms with Crippen LogP contribution < -0.4 is 0 Å². The number of carboxylic acid groups (broad SMARTS) is 1. The zero-order chi connectivity index (χ0) is 19.0. The van der Waals surface area contributed by atoms with Gasteiger partial charge in [0.1, 0.15) is 5.76 Å². The minimum absolute atomic E-state index is 0.0476. The quantitative estimate of drug-likeness (QED) is 0.846. The molecule has 6 heteroatoms. The second kappa shape index (κ2) is 6.83. The molecule has 6 nitrogen and oxygen atoms in total. The number of hydrogen-bond donors (Lipinski definition) is 1. The first-order chi connectivity index (χ1) is 13.0. The average molecular weight is 368 g/mol. The van der Waals surface area contributed by atoms with Crippen LogP contribution >= 0.6 is 0 Å². The fraction of sp³-hybridized carbons (Fsp3) is 0.476. The van der Waals surface area contributed by atoms with E-state index in [1.165, 1.54) is 0 Å². The molecule has 2 aliphatic heterocycles. The average Bonchev–Trinajstić information content (AvgIpc) is 3.36. The third-order valence-electron chi connectivity index (χ3n) is 6.04. The van der Waals surface area contributed by atoms with E-state index in [-0.39, 0.29) is 23.7 Å². The number of amides is 1. The third-order valence-corrected chi connectivity index (χ3v) is 6.04. The number of aliphatic carboxylic acids is 1. The molecular formula is C21H24N2O4. The van der Waals surface area contributed by atoms with E-state index >= 15 is 0 Å². The Morgan fingerprint density at radius 1 is 1.30 bits per heavy atom. The number of hydrogen-bond acceptors (Lipinski definition) is 4. The number of rotatable bonds is 6. The summed E-state index contributed by atoms with van der Waals surface area (Å²) in [5, 5.41) is 14.1. The second-order valence-corrected chi connectivity index (χ2v) is 7.72. The van der Waals surface area contributed by atoms with E-state index in [9.17, 15) is 14.7 Å². The van der Waals surface area contributed by atoms with Gasteiger partial charge in [-0.3, -0.25) is 9.59 Å². The summed E-state index contributed by atoms with van der Waals surface area (Å²) in [6.07, 6.45) is 4.15. The SMILES string of the molecule is CCCc1cc(C(=O)N2[C@H]3CC[C@@H]2[C@](Cc2ccccc2)(C(=O)O)C3)no1. The monoisotopic (exact) mass is 368 g/mol. The normalized spacial score (nSPS) is 26.5. The van der Waals surface area contributed by atoms with Crippen molar-refractivity contribution in [3.8, 4) is 0 Å². The predicted octanol–water partition coefficient (Wildman–Crippen LogP) is 3.32. The lowest BCUT2D eigenvalue weighted by Gasteiger charge is -2.33. The van der Waals surface area contributed by atoms with Gasteiger partial charge in [0, 0.05) is 24.6 Å². The van der Waals surface area contributed by atoms with Crippen molar-refractivity contribution in [2.75, 3.05) is 0 Å². The topological polar surface area (TPSA) is 83.6 Å². The highest BCUT2D eigenvalue weighted by molar-refractivity contribution is 5.94. The van der Waals surface area contributed by atoms with Gasteiger partial charge in [0.15, 0.2) is 5.69 Å². The molecule has 3 heterocycles. The Bertz CT molecular complexity index is 847. The zero-order valence-electron chi connectivity index (χ0n) is 15.4. The van der Waals surface area contributed by atoms with E-state index in [4.69, 9.17) is 4.52 Å². The van der Waals surface area contributed by atoms with E-state index < -0.39 is 11.4 Å². The molecule has 1 N–H and O–H groups in total. The van der Waals surface area contributed by atoms with Crippen LogP contribution in [0.3, 0.4) is 0 Å². The van der Waals surface area contributed by atoms with Crippen LogP contribution in [0.25, 0.3) is 0 Å². The van der Waals surface area contributed by atoms with Crippen LogP contribution in [0.2, 0.25) is 0 Å². The molecule has 142 valence electrons. The van der Waals surface area contributed by atoms with Crippen molar-refractivity contribution in [3.63, 3.8) is 0 Å². The van der Waals surface area contributed by atoms with Crippen molar-refractivity contribution in [1.82, 2.24) is 10.1 Å². The van der Waals surface area contributed by atoms with E-state index in [0.29, 0.717) is 18.6 Å². The molecule has 2 aromatic rings. The maximum atomic E-state index is 13.1. The first-order valence-electron chi connectivity index (χ1n) is 9.60. The maximum absolute atomic E-state index is 13.1. The summed E-state index contributed by atoms with van der Waals surface area (Å²) in [7, 11) is 0. The summed E-state index contributed by atoms with van der Waals surface area (Å²) in [5.74, 6) is -0.325. The van der Waals surface area contributed by atoms with Gasteiger partial charge in [-0.2, -0.15) is 0 Å². The Morgan fingerprint density at radius 2 is 2.07 bits per heavy atom. The molecule has 2 fully saturated rings. The van der Waals surface area contributed by atoms with Gasteiger partial charge in [0.25, 0.3) is 5.91 Å². The Hall–Kier alpha value is -2.63. The van der Waals surface area contributed by atoms with Gasteiger partial charge in [-0.1, -0.05) is 42.4 Å². The number of benzene rings is 1. The standard InChI is InChI=1S/C21H24N2O4/c1-2-6-16-11-17(22-27-16)19(24)23-15-9-10-18(23)21(13-15,20(25)26)12-14-7-4-3-5-8-14/h3-5,7-8,11,15,18H,2,6,9-10,12-13H2,1H3,(H,25,26)/t15-,18+,21+/m0/s1. The summed E-state index contributed by atoms with van der Waals surface area (Å²) in [6.45, 7) is 2.04. The van der Waals surface area contributed by atoms with E-state index in [1.807, 2.05) is 37.3 Å². The molecule has 0 radical (unpaired) electrons. The highest BCUT2D eigenvalue weighted by atomic mass is 16.5. The van der Waals surface area contributed by atoms with E-state index in [1.54, 1.807) is 11.0 Å². The summed E-state index contributed by atoms with van der Waals surface area (Å²) in [5.41, 5.74) is 0.346. The van der Waals surface area contributed by atoms with Gasteiger partial charge >= 0.3 is 5.97 Å². The number of aromatic nitrogens is 1. The van der Waals surface area contributed by atoms with Gasteiger partial charge in [0.2, 0.25) is 0 Å². The fourth-order valence-corrected chi connectivity index (χ4v) is 4.86. The molecule has 0 aliphatic carbocycles. The Kier molecular flexibility index (Phi) is 4.50. The lowest BCUT2D eigenvalue weighted by atomic mass is 9.70. The summed E-state index contributed by atoms with van der Waals surface area (Å²) in [6, 6.07) is 11.0. The first kappa shape index (κ1) is 17.8. The molecule has 4 rings (SSSR count). The van der Waals surface area contributed by atoms with Crippen LogP contribution in [0.15, 0.2) is 40.9 Å². The highest BCUT2D eigenvalue weighted by Crippen LogP contribution is 2.52. The van der Waals surface area contributed by atoms with Crippen molar-refractivity contribution in [2.24, 2.45) is 5.41 Å². The summed E-state index contributed by atoms with van der Waals surface area (Å²) >= 11 is 0. The number of aryl methyl sites for hydroxylation is 1. The van der Waals surface area contributed by atoms with Crippen LogP contribution in [-0.4, -0.2) is 39.1 Å². The molecule has 1 aromatic carbocycles. The van der Waals surface area contributed by atoms with E-state index in [2.05, 4.69) is 5.16 Å². The Morgan fingerprint density at radius 3 is 2.78 bits per heavy atom. The van der Waals surface area contributed by atoms with Gasteiger partial charge in [-0.05, 0) is 37.7 Å². The van der Waals surface area contributed by atoms with Crippen molar-refractivity contribution in [2.45, 2.75) is 57.5 Å². The number of carbonyl (C=O) groups is 2. The Labute approximate surface area is 158 Å². The molecular weight excluding hydrogens is 344 g/mol. The minimum Gasteiger partial charge on any atom is -0.481 e. The van der Waals surface area contributed by atoms with Crippen LogP contribution in [0, 0.1) is 5.41 Å². The predicted molar refractivity (Wildman–Crippen MR) is 98.3 cm³/mol. The maximum Gasteiger partial charge on any atom is 0.312 e. The lowest BCUT2D eigenvalue weighted by molar-refractivity contribution is -0.150. The second-order valence-electron chi connectivity index (χ2n) is 7.72. The molecule has 0 saturated carbocycles. The number of fused-ring (bicyclic) bond motifs is 2. The van der Waals surface area contributed by atoms with Crippen molar-refractivity contribution < 1.29 is 19.2 Å². The van der Waals surface area contributed by atoms with Gasteiger partial charge in [-0.15, -0.1) is 0 Å². The van der Waals surface area contributed by atoms with Gasteiger partial charge < -0.3 is 14.5 Å². The van der Waals surface area contributed by atoms with E-state index in [0.717, 1.165) is 31.2 Å². The van der Waals surface area contributed by atoms with Gasteiger partial charge in [-0.25, -0.2) is 0 Å². The number of carbonyl (C=O) groups excluding carboxylic acids is 1. The fourth-order valence-electron chi connectivity index (χ4n) is 4.86. The molecule has 2 aliphatic rings. The van der Waals surface area contributed by atoms with Gasteiger partial charge in [0.05, 0.1) is 5.41 Å². The molecule has 1 aromatic heterocycles. The highest BCUT2D eigenvalue weighted by Gasteiger charge is 2.61. The van der Waals surface area contributed by atoms with Crippen LogP contribution in [0.5, 0.6) is 0 Å².